The van der Waals surface area contributed by atoms with E-state index in [2.05, 4.69) is 0 Å². The van der Waals surface area contributed by atoms with Crippen molar-refractivity contribution in [3.63, 3.8) is 0 Å². The minimum absolute atomic E-state index is 0.135. The van der Waals surface area contributed by atoms with E-state index >= 15 is 0 Å². The first-order valence-corrected chi connectivity index (χ1v) is 12.8. The number of furan rings is 1. The second kappa shape index (κ2) is 12.1. The number of hydrogen-bond donors (Lipinski definition) is 0. The Balaban J connectivity index is 1.39. The predicted molar refractivity (Wildman–Crippen MR) is 140 cm³/mol. The molecule has 2 aliphatic heterocycles. The number of rotatable bonds is 11. The fourth-order valence-electron chi connectivity index (χ4n) is 4.71. The number of nitrogens with zero attached hydrogens (tertiary/aromatic N) is 2. The molecule has 2 aromatic carbocycles. The number of benzene rings is 2. The summed E-state index contributed by atoms with van der Waals surface area (Å²) in [4.78, 5) is 30.8. The van der Waals surface area contributed by atoms with Gasteiger partial charge in [0.2, 0.25) is 12.7 Å². The SMILES string of the molecule is COc1cc(OC)cc(C(=O)N(CC(=O)N(Cc2ccc3c(c2)OCO3)Cc2ccco2)CC2CCCO2)c1. The van der Waals surface area contributed by atoms with E-state index in [-0.39, 0.29) is 37.8 Å². The third-order valence-electron chi connectivity index (χ3n) is 6.75. The van der Waals surface area contributed by atoms with E-state index in [9.17, 15) is 9.59 Å². The maximum Gasteiger partial charge on any atom is 0.254 e. The summed E-state index contributed by atoms with van der Waals surface area (Å²) in [6.07, 6.45) is 3.18. The van der Waals surface area contributed by atoms with Crippen LogP contribution in [0, 0.1) is 0 Å². The zero-order valence-corrected chi connectivity index (χ0v) is 22.1. The molecular formula is C29H32N2O8. The summed E-state index contributed by atoms with van der Waals surface area (Å²) in [5, 5.41) is 0. The van der Waals surface area contributed by atoms with E-state index in [4.69, 9.17) is 28.1 Å². The van der Waals surface area contributed by atoms with Crippen molar-refractivity contribution in [3.05, 3.63) is 71.7 Å². The molecule has 206 valence electrons. The molecule has 1 unspecified atom stereocenters. The van der Waals surface area contributed by atoms with E-state index in [1.807, 2.05) is 24.3 Å². The van der Waals surface area contributed by atoms with Crippen LogP contribution in [0.1, 0.15) is 34.5 Å². The molecule has 2 amide bonds. The highest BCUT2D eigenvalue weighted by Crippen LogP contribution is 2.33. The van der Waals surface area contributed by atoms with E-state index < -0.39 is 0 Å². The lowest BCUT2D eigenvalue weighted by molar-refractivity contribution is -0.133. The molecule has 10 nitrogen and oxygen atoms in total. The van der Waals surface area contributed by atoms with Crippen LogP contribution < -0.4 is 18.9 Å². The molecule has 2 aliphatic rings. The minimum atomic E-state index is -0.308. The average molecular weight is 537 g/mol. The normalized spacial score (nSPS) is 15.7. The standard InChI is InChI=1S/C29H32N2O8/c1-34-24-12-21(13-25(14-24)35-2)29(33)31(17-23-6-4-10-37-23)18-28(32)30(16-22-5-3-9-36-22)15-20-7-8-26-27(11-20)39-19-38-26/h3,5,7-9,11-14,23H,4,6,10,15-19H2,1-2H3. The van der Waals surface area contributed by atoms with Crippen molar-refractivity contribution in [3.8, 4) is 23.0 Å². The van der Waals surface area contributed by atoms with Gasteiger partial charge in [-0.25, -0.2) is 0 Å². The highest BCUT2D eigenvalue weighted by Gasteiger charge is 2.28. The summed E-state index contributed by atoms with van der Waals surface area (Å²) in [5.74, 6) is 2.39. The Kier molecular flexibility index (Phi) is 8.21. The molecule has 1 fully saturated rings. The van der Waals surface area contributed by atoms with Gasteiger partial charge in [-0.3, -0.25) is 9.59 Å². The molecule has 5 rings (SSSR count). The van der Waals surface area contributed by atoms with E-state index in [1.165, 1.54) is 14.2 Å². The summed E-state index contributed by atoms with van der Waals surface area (Å²) in [5.41, 5.74) is 1.24. The molecule has 0 N–H and O–H groups in total. The Morgan fingerprint density at radius 3 is 2.44 bits per heavy atom. The van der Waals surface area contributed by atoms with Crippen molar-refractivity contribution in [2.75, 3.05) is 40.7 Å². The van der Waals surface area contributed by atoms with Crippen LogP contribution in [0.5, 0.6) is 23.0 Å². The highest BCUT2D eigenvalue weighted by atomic mass is 16.7. The van der Waals surface area contributed by atoms with Crippen molar-refractivity contribution >= 4 is 11.8 Å². The molecule has 39 heavy (non-hydrogen) atoms. The van der Waals surface area contributed by atoms with Gasteiger partial charge in [0.25, 0.3) is 5.91 Å². The minimum Gasteiger partial charge on any atom is -0.497 e. The lowest BCUT2D eigenvalue weighted by Gasteiger charge is -2.29. The van der Waals surface area contributed by atoms with Crippen LogP contribution >= 0.6 is 0 Å². The van der Waals surface area contributed by atoms with Gasteiger partial charge >= 0.3 is 0 Å². The zero-order valence-electron chi connectivity index (χ0n) is 22.1. The quantitative estimate of drug-likeness (QED) is 0.364. The second-order valence-corrected chi connectivity index (χ2v) is 9.44. The summed E-state index contributed by atoms with van der Waals surface area (Å²) >= 11 is 0. The van der Waals surface area contributed by atoms with Gasteiger partial charge in [0.1, 0.15) is 23.8 Å². The molecule has 10 heteroatoms. The summed E-state index contributed by atoms with van der Waals surface area (Å²) < 4.78 is 33.0. The third-order valence-corrected chi connectivity index (χ3v) is 6.75. The maximum absolute atomic E-state index is 13.8. The maximum atomic E-state index is 13.8. The summed E-state index contributed by atoms with van der Waals surface area (Å²) in [6.45, 7) is 1.51. The lowest BCUT2D eigenvalue weighted by Crippen LogP contribution is -2.45. The Morgan fingerprint density at radius 2 is 1.74 bits per heavy atom. The van der Waals surface area contributed by atoms with Gasteiger partial charge in [0.15, 0.2) is 11.5 Å². The molecular weight excluding hydrogens is 504 g/mol. The van der Waals surface area contributed by atoms with E-state index in [1.54, 1.807) is 40.3 Å². The molecule has 0 aliphatic carbocycles. The first-order chi connectivity index (χ1) is 19.0. The smallest absolute Gasteiger partial charge is 0.254 e. The summed E-state index contributed by atoms with van der Waals surface area (Å²) in [7, 11) is 3.05. The second-order valence-electron chi connectivity index (χ2n) is 9.44. The largest absolute Gasteiger partial charge is 0.497 e. The van der Waals surface area contributed by atoms with Crippen molar-refractivity contribution in [1.82, 2.24) is 9.80 Å². The van der Waals surface area contributed by atoms with Gasteiger partial charge in [-0.1, -0.05) is 6.07 Å². The van der Waals surface area contributed by atoms with Crippen molar-refractivity contribution in [1.29, 1.82) is 0 Å². The average Bonchev–Trinajstić information content (AvgIpc) is 3.75. The first kappa shape index (κ1) is 26.4. The van der Waals surface area contributed by atoms with Crippen molar-refractivity contribution in [2.45, 2.75) is 32.0 Å². The van der Waals surface area contributed by atoms with E-state index in [0.29, 0.717) is 54.0 Å². The number of methoxy groups -OCH3 is 2. The highest BCUT2D eigenvalue weighted by molar-refractivity contribution is 5.97. The molecule has 1 atom stereocenters. The Bertz CT molecular complexity index is 1260. The number of fused-ring (bicyclic) bond motifs is 1. The monoisotopic (exact) mass is 536 g/mol. The van der Waals surface area contributed by atoms with Crippen LogP contribution in [0.25, 0.3) is 0 Å². The van der Waals surface area contributed by atoms with Crippen LogP contribution in [-0.4, -0.2) is 68.4 Å². The fourth-order valence-corrected chi connectivity index (χ4v) is 4.71. The van der Waals surface area contributed by atoms with Gasteiger partial charge in [-0.15, -0.1) is 0 Å². The van der Waals surface area contributed by atoms with Crippen molar-refractivity contribution < 1.29 is 37.7 Å². The van der Waals surface area contributed by atoms with Crippen LogP contribution in [0.15, 0.2) is 59.2 Å². The topological polar surface area (TPSA) is 99.9 Å². The Hall–Kier alpha value is -4.18. The molecule has 3 heterocycles. The molecule has 1 aromatic heterocycles. The Labute approximate surface area is 226 Å². The van der Waals surface area contributed by atoms with Gasteiger partial charge in [-0.2, -0.15) is 0 Å². The van der Waals surface area contributed by atoms with E-state index in [0.717, 1.165) is 18.4 Å². The molecule has 3 aromatic rings. The zero-order chi connectivity index (χ0) is 27.2. The van der Waals surface area contributed by atoms with Crippen LogP contribution in [0.2, 0.25) is 0 Å². The first-order valence-electron chi connectivity index (χ1n) is 12.8. The number of ether oxygens (including phenoxy) is 5. The lowest BCUT2D eigenvalue weighted by atomic mass is 10.1. The van der Waals surface area contributed by atoms with Crippen LogP contribution in [-0.2, 0) is 22.6 Å². The van der Waals surface area contributed by atoms with Gasteiger partial charge in [0.05, 0.1) is 33.1 Å². The Morgan fingerprint density at radius 1 is 0.949 bits per heavy atom. The molecule has 0 saturated carbocycles. The number of hydrogen-bond acceptors (Lipinski definition) is 8. The van der Waals surface area contributed by atoms with Crippen LogP contribution in [0.4, 0.5) is 0 Å². The molecule has 0 radical (unpaired) electrons. The van der Waals surface area contributed by atoms with Gasteiger partial charge in [-0.05, 0) is 54.8 Å². The number of amides is 2. The molecule has 0 bridgehead atoms. The number of carbonyl (C=O) groups excluding carboxylic acids is 2. The van der Waals surface area contributed by atoms with Gasteiger partial charge < -0.3 is 37.9 Å². The van der Waals surface area contributed by atoms with Gasteiger partial charge in [0, 0.05) is 31.3 Å². The van der Waals surface area contributed by atoms with Crippen molar-refractivity contribution in [2.24, 2.45) is 0 Å². The fraction of sp³-hybridized carbons (Fsp3) is 0.379. The van der Waals surface area contributed by atoms with Crippen LogP contribution in [0.3, 0.4) is 0 Å². The molecule has 0 spiro atoms. The summed E-state index contributed by atoms with van der Waals surface area (Å²) in [6, 6.07) is 14.2. The number of carbonyl (C=O) groups is 2. The predicted octanol–water partition coefficient (Wildman–Crippen LogP) is 3.88. The third kappa shape index (κ3) is 6.46. The molecule has 1 saturated heterocycles.